The summed E-state index contributed by atoms with van der Waals surface area (Å²) in [6.45, 7) is 6.43. The Bertz CT molecular complexity index is 408. The molecule has 0 spiro atoms. The number of carbonyl (C=O) groups excluding carboxylic acids is 1. The van der Waals surface area contributed by atoms with Crippen molar-refractivity contribution in [2.24, 2.45) is 0 Å². The Kier molecular flexibility index (Phi) is 3.67. The summed E-state index contributed by atoms with van der Waals surface area (Å²) in [6.07, 6.45) is 5.48. The van der Waals surface area contributed by atoms with E-state index in [-0.39, 0.29) is 11.9 Å². The lowest BCUT2D eigenvalue weighted by Gasteiger charge is -2.33. The van der Waals surface area contributed by atoms with Gasteiger partial charge in [0.1, 0.15) is 11.5 Å². The second-order valence-electron chi connectivity index (χ2n) is 4.40. The second kappa shape index (κ2) is 5.21. The van der Waals surface area contributed by atoms with Gasteiger partial charge >= 0.3 is 0 Å². The van der Waals surface area contributed by atoms with Crippen LogP contribution in [0.15, 0.2) is 29.2 Å². The van der Waals surface area contributed by atoms with Gasteiger partial charge in [0.15, 0.2) is 0 Å². The van der Waals surface area contributed by atoms with E-state index in [4.69, 9.17) is 4.42 Å². The second-order valence-corrected chi connectivity index (χ2v) is 4.40. The molecule has 92 valence electrons. The van der Waals surface area contributed by atoms with Gasteiger partial charge in [0.05, 0.1) is 6.04 Å². The van der Waals surface area contributed by atoms with Crippen LogP contribution in [-0.4, -0.2) is 17.4 Å². The average Bonchev–Trinajstić information content (AvgIpc) is 2.86. The minimum absolute atomic E-state index is 0.00384. The first-order valence-corrected chi connectivity index (χ1v) is 6.28. The van der Waals surface area contributed by atoms with Gasteiger partial charge in [-0.05, 0) is 37.5 Å². The maximum absolute atomic E-state index is 11.8. The first kappa shape index (κ1) is 12.0. The molecule has 3 nitrogen and oxygen atoms in total. The highest BCUT2D eigenvalue weighted by Crippen LogP contribution is 2.32. The fourth-order valence-corrected chi connectivity index (χ4v) is 2.37. The Balaban J connectivity index is 2.21. The van der Waals surface area contributed by atoms with Crippen LogP contribution in [0.25, 0.3) is 0 Å². The van der Waals surface area contributed by atoms with E-state index in [1.54, 1.807) is 0 Å². The molecular weight excluding hydrogens is 214 g/mol. The van der Waals surface area contributed by atoms with Crippen molar-refractivity contribution in [1.82, 2.24) is 4.90 Å². The van der Waals surface area contributed by atoms with Crippen LogP contribution in [-0.2, 0) is 11.2 Å². The molecule has 0 saturated carbocycles. The number of amides is 1. The fraction of sp³-hybridized carbons (Fsp3) is 0.500. The highest BCUT2D eigenvalue weighted by atomic mass is 16.3. The Morgan fingerprint density at radius 2 is 2.41 bits per heavy atom. The quantitative estimate of drug-likeness (QED) is 0.752. The summed E-state index contributed by atoms with van der Waals surface area (Å²) in [7, 11) is 0. The van der Waals surface area contributed by atoms with Crippen molar-refractivity contribution in [2.75, 3.05) is 6.54 Å². The van der Waals surface area contributed by atoms with Crippen molar-refractivity contribution < 1.29 is 9.21 Å². The summed E-state index contributed by atoms with van der Waals surface area (Å²) in [5.41, 5.74) is 0. The SMILES string of the molecule is C=CC(=O)N1CCCCC1c1ccc(CC)o1. The van der Waals surface area contributed by atoms with Gasteiger partial charge in [0, 0.05) is 13.0 Å². The van der Waals surface area contributed by atoms with Gasteiger partial charge in [-0.25, -0.2) is 0 Å². The van der Waals surface area contributed by atoms with Crippen molar-refractivity contribution in [3.8, 4) is 0 Å². The van der Waals surface area contributed by atoms with Crippen LogP contribution in [0.1, 0.15) is 43.7 Å². The van der Waals surface area contributed by atoms with Crippen LogP contribution in [0, 0.1) is 0 Å². The standard InChI is InChI=1S/C14H19NO2/c1-3-11-8-9-13(17-11)12-7-5-6-10-15(12)14(16)4-2/h4,8-9,12H,2-3,5-7,10H2,1H3. The molecule has 0 aromatic carbocycles. The largest absolute Gasteiger partial charge is 0.464 e. The molecule has 1 aromatic rings. The molecule has 0 bridgehead atoms. The summed E-state index contributed by atoms with van der Waals surface area (Å²) in [4.78, 5) is 13.7. The van der Waals surface area contributed by atoms with E-state index in [1.165, 1.54) is 6.08 Å². The molecule has 1 atom stereocenters. The molecule has 0 N–H and O–H groups in total. The van der Waals surface area contributed by atoms with Crippen LogP contribution in [0.5, 0.6) is 0 Å². The molecule has 2 heterocycles. The zero-order valence-electron chi connectivity index (χ0n) is 10.3. The van der Waals surface area contributed by atoms with E-state index in [2.05, 4.69) is 13.5 Å². The van der Waals surface area contributed by atoms with Gasteiger partial charge in [-0.2, -0.15) is 0 Å². The monoisotopic (exact) mass is 233 g/mol. The van der Waals surface area contributed by atoms with Gasteiger partial charge in [0.25, 0.3) is 0 Å². The molecule has 2 rings (SSSR count). The Hall–Kier alpha value is -1.51. The van der Waals surface area contributed by atoms with Gasteiger partial charge in [-0.3, -0.25) is 4.79 Å². The number of aryl methyl sites for hydroxylation is 1. The highest BCUT2D eigenvalue weighted by Gasteiger charge is 2.28. The predicted octanol–water partition coefficient (Wildman–Crippen LogP) is 3.08. The predicted molar refractivity (Wildman–Crippen MR) is 66.6 cm³/mol. The topological polar surface area (TPSA) is 33.5 Å². The third-order valence-corrected chi connectivity index (χ3v) is 3.32. The van der Waals surface area contributed by atoms with E-state index < -0.39 is 0 Å². The zero-order chi connectivity index (χ0) is 12.3. The molecule has 1 unspecified atom stereocenters. The van der Waals surface area contributed by atoms with Gasteiger partial charge in [0.2, 0.25) is 5.91 Å². The summed E-state index contributed by atoms with van der Waals surface area (Å²) >= 11 is 0. The Morgan fingerprint density at radius 1 is 1.59 bits per heavy atom. The summed E-state index contributed by atoms with van der Waals surface area (Å²) in [6, 6.07) is 4.09. The molecule has 0 aliphatic carbocycles. The molecule has 3 heteroatoms. The Labute approximate surface area is 102 Å². The smallest absolute Gasteiger partial charge is 0.246 e. The molecule has 1 fully saturated rings. The number of hydrogen-bond donors (Lipinski definition) is 0. The minimum atomic E-state index is 0.00384. The summed E-state index contributed by atoms with van der Waals surface area (Å²) < 4.78 is 5.77. The number of likely N-dealkylation sites (tertiary alicyclic amines) is 1. The van der Waals surface area contributed by atoms with Crippen LogP contribution in [0.2, 0.25) is 0 Å². The lowest BCUT2D eigenvalue weighted by Crippen LogP contribution is -2.37. The molecular formula is C14H19NO2. The third kappa shape index (κ3) is 2.43. The number of piperidine rings is 1. The first-order chi connectivity index (χ1) is 8.26. The van der Waals surface area contributed by atoms with Crippen LogP contribution < -0.4 is 0 Å². The number of furan rings is 1. The minimum Gasteiger partial charge on any atom is -0.464 e. The molecule has 1 saturated heterocycles. The van der Waals surface area contributed by atoms with E-state index in [1.807, 2.05) is 17.0 Å². The number of hydrogen-bond acceptors (Lipinski definition) is 2. The van der Waals surface area contributed by atoms with Crippen molar-refractivity contribution in [2.45, 2.75) is 38.6 Å². The average molecular weight is 233 g/mol. The van der Waals surface area contributed by atoms with Crippen LogP contribution in [0.3, 0.4) is 0 Å². The molecule has 0 radical (unpaired) electrons. The number of carbonyl (C=O) groups is 1. The summed E-state index contributed by atoms with van der Waals surface area (Å²) in [5, 5.41) is 0. The number of nitrogens with zero attached hydrogens (tertiary/aromatic N) is 1. The van der Waals surface area contributed by atoms with Crippen LogP contribution in [0.4, 0.5) is 0 Å². The lowest BCUT2D eigenvalue weighted by molar-refractivity contribution is -0.130. The van der Waals surface area contributed by atoms with E-state index in [0.717, 1.165) is 43.7 Å². The van der Waals surface area contributed by atoms with E-state index in [9.17, 15) is 4.79 Å². The van der Waals surface area contributed by atoms with E-state index in [0.29, 0.717) is 0 Å². The normalized spacial score (nSPS) is 20.3. The molecule has 1 amide bonds. The van der Waals surface area contributed by atoms with Gasteiger partial charge in [-0.15, -0.1) is 0 Å². The fourth-order valence-electron chi connectivity index (χ4n) is 2.37. The van der Waals surface area contributed by atoms with Gasteiger partial charge in [-0.1, -0.05) is 13.5 Å². The Morgan fingerprint density at radius 3 is 3.06 bits per heavy atom. The van der Waals surface area contributed by atoms with Gasteiger partial charge < -0.3 is 9.32 Å². The summed E-state index contributed by atoms with van der Waals surface area (Å²) in [5.74, 6) is 1.90. The van der Waals surface area contributed by atoms with E-state index >= 15 is 0 Å². The lowest BCUT2D eigenvalue weighted by atomic mass is 10.00. The van der Waals surface area contributed by atoms with Crippen LogP contribution >= 0.6 is 0 Å². The number of rotatable bonds is 3. The van der Waals surface area contributed by atoms with Crippen molar-refractivity contribution in [1.29, 1.82) is 0 Å². The first-order valence-electron chi connectivity index (χ1n) is 6.28. The van der Waals surface area contributed by atoms with Crippen molar-refractivity contribution in [3.63, 3.8) is 0 Å². The highest BCUT2D eigenvalue weighted by molar-refractivity contribution is 5.87. The zero-order valence-corrected chi connectivity index (χ0v) is 10.3. The molecule has 17 heavy (non-hydrogen) atoms. The maximum atomic E-state index is 11.8. The van der Waals surface area contributed by atoms with Crippen molar-refractivity contribution >= 4 is 5.91 Å². The maximum Gasteiger partial charge on any atom is 0.246 e. The molecule has 1 aromatic heterocycles. The third-order valence-electron chi connectivity index (χ3n) is 3.32. The molecule has 1 aliphatic heterocycles. The molecule has 1 aliphatic rings. The van der Waals surface area contributed by atoms with Crippen molar-refractivity contribution in [3.05, 3.63) is 36.3 Å².